The maximum absolute atomic E-state index is 12.2. The number of unbranched alkanes of at least 4 members (excludes halogenated alkanes) is 1. The summed E-state index contributed by atoms with van der Waals surface area (Å²) in [5.41, 5.74) is 0.628. The molecular formula is C14H20BrN5O. The molecule has 21 heavy (non-hydrogen) atoms. The number of nitrogens with zero attached hydrogens (tertiary/aromatic N) is 4. The van der Waals surface area contributed by atoms with Crippen LogP contribution in [0.15, 0.2) is 34.2 Å². The number of hydrogen-bond acceptors (Lipinski definition) is 4. The van der Waals surface area contributed by atoms with E-state index in [1.807, 2.05) is 10.8 Å². The van der Waals surface area contributed by atoms with Crippen LogP contribution >= 0.6 is 15.9 Å². The van der Waals surface area contributed by atoms with Gasteiger partial charge in [-0.15, -0.1) is 0 Å². The summed E-state index contributed by atoms with van der Waals surface area (Å²) >= 11 is 3.37. The summed E-state index contributed by atoms with van der Waals surface area (Å²) in [4.78, 5) is 16.2. The van der Waals surface area contributed by atoms with E-state index in [1.54, 1.807) is 18.7 Å². The maximum Gasteiger partial charge on any atom is 0.283 e. The van der Waals surface area contributed by atoms with Gasteiger partial charge in [0.15, 0.2) is 0 Å². The molecule has 1 unspecified atom stereocenters. The fourth-order valence-corrected chi connectivity index (χ4v) is 2.48. The topological polar surface area (TPSA) is 64.7 Å². The lowest BCUT2D eigenvalue weighted by Crippen LogP contribution is -2.27. The van der Waals surface area contributed by atoms with Gasteiger partial charge in [-0.25, -0.2) is 9.67 Å². The Bertz CT molecular complexity index is 623. The van der Waals surface area contributed by atoms with Gasteiger partial charge in [-0.1, -0.05) is 13.3 Å². The Balaban J connectivity index is 2.06. The minimum absolute atomic E-state index is 0.0942. The van der Waals surface area contributed by atoms with E-state index in [1.165, 1.54) is 4.68 Å². The van der Waals surface area contributed by atoms with Gasteiger partial charge >= 0.3 is 0 Å². The number of aryl methyl sites for hydroxylation is 1. The predicted octanol–water partition coefficient (Wildman–Crippen LogP) is 2.50. The molecule has 0 fully saturated rings. The monoisotopic (exact) mass is 353 g/mol. The van der Waals surface area contributed by atoms with Crippen LogP contribution in [0.1, 0.15) is 26.7 Å². The smallest absolute Gasteiger partial charge is 0.283 e. The molecule has 0 aliphatic heterocycles. The molecule has 0 radical (unpaired) electrons. The molecular weight excluding hydrogens is 334 g/mol. The molecule has 1 atom stereocenters. The SMILES string of the molecule is CCCCn1ncc(NC(C)Cn2ccnc2)c(Br)c1=O. The van der Waals surface area contributed by atoms with E-state index in [4.69, 9.17) is 0 Å². The average Bonchev–Trinajstić information content (AvgIpc) is 2.96. The zero-order chi connectivity index (χ0) is 15.2. The molecule has 1 N–H and O–H groups in total. The van der Waals surface area contributed by atoms with Crippen LogP contribution in [-0.2, 0) is 13.1 Å². The highest BCUT2D eigenvalue weighted by Gasteiger charge is 2.11. The van der Waals surface area contributed by atoms with E-state index in [-0.39, 0.29) is 11.6 Å². The Hall–Kier alpha value is -1.63. The van der Waals surface area contributed by atoms with E-state index >= 15 is 0 Å². The van der Waals surface area contributed by atoms with E-state index in [2.05, 4.69) is 45.2 Å². The molecule has 0 aliphatic rings. The van der Waals surface area contributed by atoms with Crippen molar-refractivity contribution in [1.82, 2.24) is 19.3 Å². The average molecular weight is 354 g/mol. The highest BCUT2D eigenvalue weighted by molar-refractivity contribution is 9.10. The first-order valence-electron chi connectivity index (χ1n) is 7.09. The van der Waals surface area contributed by atoms with E-state index in [0.717, 1.165) is 25.1 Å². The van der Waals surface area contributed by atoms with Crippen molar-refractivity contribution in [2.75, 3.05) is 5.32 Å². The molecule has 114 valence electrons. The van der Waals surface area contributed by atoms with Crippen molar-refractivity contribution in [2.24, 2.45) is 0 Å². The summed E-state index contributed by atoms with van der Waals surface area (Å²) in [6, 6.07) is 0.156. The summed E-state index contributed by atoms with van der Waals surface area (Å²) in [6.45, 7) is 5.56. The maximum atomic E-state index is 12.2. The van der Waals surface area contributed by atoms with Crippen molar-refractivity contribution in [3.63, 3.8) is 0 Å². The lowest BCUT2D eigenvalue weighted by molar-refractivity contribution is 0.540. The number of aromatic nitrogens is 4. The largest absolute Gasteiger partial charge is 0.378 e. The third-order valence-electron chi connectivity index (χ3n) is 3.15. The van der Waals surface area contributed by atoms with Gasteiger partial charge < -0.3 is 9.88 Å². The Labute approximate surface area is 132 Å². The zero-order valence-corrected chi connectivity index (χ0v) is 13.9. The summed E-state index contributed by atoms with van der Waals surface area (Å²) in [5.74, 6) is 0. The van der Waals surface area contributed by atoms with Crippen molar-refractivity contribution in [3.05, 3.63) is 39.7 Å². The van der Waals surface area contributed by atoms with Gasteiger partial charge in [0.1, 0.15) is 4.47 Å². The van der Waals surface area contributed by atoms with Gasteiger partial charge in [-0.05, 0) is 29.3 Å². The fourth-order valence-electron chi connectivity index (χ4n) is 2.05. The van der Waals surface area contributed by atoms with Crippen LogP contribution in [-0.4, -0.2) is 25.4 Å². The Morgan fingerprint density at radius 1 is 1.48 bits per heavy atom. The Morgan fingerprint density at radius 3 is 2.95 bits per heavy atom. The van der Waals surface area contributed by atoms with Crippen LogP contribution in [0.25, 0.3) is 0 Å². The quantitative estimate of drug-likeness (QED) is 0.830. The van der Waals surface area contributed by atoms with Crippen LogP contribution in [0.2, 0.25) is 0 Å². The lowest BCUT2D eigenvalue weighted by Gasteiger charge is -2.17. The number of nitrogens with one attached hydrogen (secondary N) is 1. The summed E-state index contributed by atoms with van der Waals surface area (Å²) < 4.78 is 4.02. The van der Waals surface area contributed by atoms with Gasteiger partial charge in [-0.2, -0.15) is 5.10 Å². The molecule has 0 amide bonds. The molecule has 2 rings (SSSR count). The molecule has 7 heteroatoms. The van der Waals surface area contributed by atoms with Crippen LogP contribution in [0.5, 0.6) is 0 Å². The molecule has 0 aliphatic carbocycles. The predicted molar refractivity (Wildman–Crippen MR) is 86.4 cm³/mol. The van der Waals surface area contributed by atoms with Gasteiger partial charge in [0, 0.05) is 31.5 Å². The van der Waals surface area contributed by atoms with Crippen LogP contribution < -0.4 is 10.9 Å². The lowest BCUT2D eigenvalue weighted by atomic mass is 10.3. The van der Waals surface area contributed by atoms with Crippen LogP contribution in [0, 0.1) is 0 Å². The van der Waals surface area contributed by atoms with Gasteiger partial charge in [0.25, 0.3) is 5.56 Å². The first-order valence-corrected chi connectivity index (χ1v) is 7.89. The third kappa shape index (κ3) is 4.17. The molecule has 6 nitrogen and oxygen atoms in total. The second-order valence-electron chi connectivity index (χ2n) is 5.06. The Kier molecular flexibility index (Phi) is 5.55. The second-order valence-corrected chi connectivity index (χ2v) is 5.85. The van der Waals surface area contributed by atoms with Gasteiger partial charge in [-0.3, -0.25) is 4.79 Å². The van der Waals surface area contributed by atoms with Crippen molar-refractivity contribution < 1.29 is 0 Å². The van der Waals surface area contributed by atoms with E-state index in [9.17, 15) is 4.79 Å². The normalized spacial score (nSPS) is 12.3. The minimum Gasteiger partial charge on any atom is -0.378 e. The molecule has 0 bridgehead atoms. The number of hydrogen-bond donors (Lipinski definition) is 1. The molecule has 0 saturated carbocycles. The van der Waals surface area contributed by atoms with E-state index in [0.29, 0.717) is 11.0 Å². The second kappa shape index (κ2) is 7.40. The highest BCUT2D eigenvalue weighted by atomic mass is 79.9. The van der Waals surface area contributed by atoms with Crippen molar-refractivity contribution in [1.29, 1.82) is 0 Å². The molecule has 2 aromatic heterocycles. The van der Waals surface area contributed by atoms with Crippen molar-refractivity contribution in [3.8, 4) is 0 Å². The zero-order valence-electron chi connectivity index (χ0n) is 12.3. The van der Waals surface area contributed by atoms with Crippen molar-refractivity contribution in [2.45, 2.75) is 45.8 Å². The number of rotatable bonds is 7. The van der Waals surface area contributed by atoms with Crippen molar-refractivity contribution >= 4 is 21.6 Å². The molecule has 0 spiro atoms. The minimum atomic E-state index is -0.0942. The number of halogens is 1. The first kappa shape index (κ1) is 15.8. The van der Waals surface area contributed by atoms with Gasteiger partial charge in [0.05, 0.1) is 18.2 Å². The third-order valence-corrected chi connectivity index (χ3v) is 3.92. The molecule has 0 aromatic carbocycles. The summed E-state index contributed by atoms with van der Waals surface area (Å²) in [6.07, 6.45) is 9.11. The van der Waals surface area contributed by atoms with Crippen LogP contribution in [0.3, 0.4) is 0 Å². The highest BCUT2D eigenvalue weighted by Crippen LogP contribution is 2.17. The standard InChI is InChI=1S/C14H20BrN5O/c1-3-4-6-20-14(21)13(15)12(8-17-20)18-11(2)9-19-7-5-16-10-19/h5,7-8,10-11,18H,3-4,6,9H2,1-2H3. The summed E-state index contributed by atoms with van der Waals surface area (Å²) in [5, 5.41) is 7.52. The molecule has 2 aromatic rings. The molecule has 2 heterocycles. The number of imidazole rings is 1. The fraction of sp³-hybridized carbons (Fsp3) is 0.500. The van der Waals surface area contributed by atoms with Crippen LogP contribution in [0.4, 0.5) is 5.69 Å². The number of anilines is 1. The Morgan fingerprint density at radius 2 is 2.29 bits per heavy atom. The first-order chi connectivity index (χ1) is 10.1. The van der Waals surface area contributed by atoms with E-state index < -0.39 is 0 Å². The molecule has 0 saturated heterocycles. The summed E-state index contributed by atoms with van der Waals surface area (Å²) in [7, 11) is 0. The van der Waals surface area contributed by atoms with Gasteiger partial charge in [0.2, 0.25) is 0 Å².